The van der Waals surface area contributed by atoms with Crippen molar-refractivity contribution >= 4 is 18.4 Å². The summed E-state index contributed by atoms with van der Waals surface area (Å²) in [5.74, 6) is -0.192. The topological polar surface area (TPSA) is 62.1 Å². The Morgan fingerprint density at radius 3 is 2.23 bits per heavy atom. The first-order chi connectivity index (χ1) is 14.6. The van der Waals surface area contributed by atoms with Crippen LogP contribution in [0, 0.1) is 17.2 Å². The quantitative estimate of drug-likeness (QED) is 0.475. The van der Waals surface area contributed by atoms with Crippen LogP contribution in [0.3, 0.4) is 0 Å². The molecule has 0 bridgehead atoms. The number of carbonyl (C=O) groups excluding carboxylic acids is 1. The Kier molecular flexibility index (Phi) is 9.27. The van der Waals surface area contributed by atoms with Crippen molar-refractivity contribution in [3.8, 4) is 17.2 Å². The number of nitriles is 1. The maximum Gasteiger partial charge on any atom is 0.323 e. The van der Waals surface area contributed by atoms with Gasteiger partial charge in [-0.05, 0) is 34.2 Å². The number of esters is 1. The van der Waals surface area contributed by atoms with Crippen molar-refractivity contribution in [2.24, 2.45) is 5.92 Å². The van der Waals surface area contributed by atoms with Crippen LogP contribution in [-0.4, -0.2) is 12.0 Å². The zero-order valence-corrected chi connectivity index (χ0v) is 18.6. The van der Waals surface area contributed by atoms with E-state index in [1.165, 1.54) is 0 Å². The number of nitrogens with zero attached hydrogens (tertiary/aromatic N) is 1. The van der Waals surface area contributed by atoms with Crippen LogP contribution in [0.4, 0.5) is 0 Å². The van der Waals surface area contributed by atoms with Gasteiger partial charge >= 0.3 is 5.97 Å². The van der Waals surface area contributed by atoms with E-state index in [9.17, 15) is 10.1 Å². The van der Waals surface area contributed by atoms with Gasteiger partial charge in [0.05, 0.1) is 11.6 Å². The normalized spacial score (nSPS) is 11.3. The van der Waals surface area contributed by atoms with Crippen molar-refractivity contribution in [2.75, 3.05) is 0 Å². The van der Waals surface area contributed by atoms with Gasteiger partial charge in [-0.2, -0.15) is 5.26 Å². The first-order valence-electron chi connectivity index (χ1n) is 10.1. The molecule has 0 aliphatic rings. The standard InChI is InChI=1S/C26H26N2O2.ClH/c1-19(2)25(26(29)30-18-20-9-5-3-6-10-20)28-17-21-13-14-24(23(15-21)16-27)22-11-7-4-8-12-22;/h3-15,19,25,28H,17-18H2,1-2H3;1H/t25-;/m0./s1. The molecule has 1 atom stereocenters. The summed E-state index contributed by atoms with van der Waals surface area (Å²) in [5, 5.41) is 12.9. The first-order valence-corrected chi connectivity index (χ1v) is 10.1. The second-order valence-corrected chi connectivity index (χ2v) is 7.55. The molecule has 4 nitrogen and oxygen atoms in total. The molecule has 1 N–H and O–H groups in total. The molecular weight excluding hydrogens is 408 g/mol. The van der Waals surface area contributed by atoms with Crippen molar-refractivity contribution in [1.82, 2.24) is 5.32 Å². The molecule has 0 amide bonds. The van der Waals surface area contributed by atoms with Gasteiger partial charge in [0, 0.05) is 6.54 Å². The molecule has 160 valence electrons. The molecule has 3 rings (SSSR count). The van der Waals surface area contributed by atoms with Crippen LogP contribution in [-0.2, 0) is 22.7 Å². The third-order valence-corrected chi connectivity index (χ3v) is 4.96. The lowest BCUT2D eigenvalue weighted by molar-refractivity contribution is -0.148. The highest BCUT2D eigenvalue weighted by Crippen LogP contribution is 2.24. The molecule has 3 aromatic carbocycles. The van der Waals surface area contributed by atoms with Gasteiger partial charge in [-0.3, -0.25) is 4.79 Å². The van der Waals surface area contributed by atoms with Crippen molar-refractivity contribution in [3.05, 3.63) is 95.6 Å². The number of carbonyl (C=O) groups is 1. The monoisotopic (exact) mass is 434 g/mol. The molecule has 0 fully saturated rings. The van der Waals surface area contributed by atoms with Gasteiger partial charge in [-0.15, -0.1) is 12.4 Å². The number of rotatable bonds is 8. The minimum Gasteiger partial charge on any atom is -0.460 e. The fraction of sp³-hybridized carbons (Fsp3) is 0.231. The Hall–Kier alpha value is -3.13. The van der Waals surface area contributed by atoms with E-state index in [0.717, 1.165) is 22.3 Å². The van der Waals surface area contributed by atoms with E-state index in [0.29, 0.717) is 12.1 Å². The van der Waals surface area contributed by atoms with E-state index < -0.39 is 6.04 Å². The highest BCUT2D eigenvalue weighted by Gasteiger charge is 2.23. The zero-order chi connectivity index (χ0) is 21.3. The van der Waals surface area contributed by atoms with E-state index in [2.05, 4.69) is 11.4 Å². The summed E-state index contributed by atoms with van der Waals surface area (Å²) in [5.41, 5.74) is 4.45. The highest BCUT2D eigenvalue weighted by molar-refractivity contribution is 5.85. The van der Waals surface area contributed by atoms with E-state index in [1.54, 1.807) is 0 Å². The number of hydrogen-bond acceptors (Lipinski definition) is 4. The SMILES string of the molecule is CC(C)[C@H](NCc1ccc(-c2ccccc2)c(C#N)c1)C(=O)OCc1ccccc1.Cl. The van der Waals surface area contributed by atoms with Crippen molar-refractivity contribution in [2.45, 2.75) is 33.0 Å². The van der Waals surface area contributed by atoms with E-state index in [4.69, 9.17) is 4.74 Å². The number of ether oxygens (including phenoxy) is 1. The Morgan fingerprint density at radius 2 is 1.61 bits per heavy atom. The molecule has 0 saturated heterocycles. The molecule has 0 aliphatic heterocycles. The lowest BCUT2D eigenvalue weighted by atomic mass is 9.98. The first kappa shape index (κ1) is 24.1. The fourth-order valence-corrected chi connectivity index (χ4v) is 3.30. The Balaban J connectivity index is 0.00000341. The third kappa shape index (κ3) is 6.68. The molecule has 3 aromatic rings. The molecule has 5 heteroatoms. The van der Waals surface area contributed by atoms with E-state index in [1.807, 2.05) is 92.7 Å². The summed E-state index contributed by atoms with van der Waals surface area (Å²) in [6.07, 6.45) is 0. The molecule has 31 heavy (non-hydrogen) atoms. The van der Waals surface area contributed by atoms with Gasteiger partial charge in [0.1, 0.15) is 12.6 Å². The van der Waals surface area contributed by atoms with Crippen molar-refractivity contribution in [1.29, 1.82) is 5.26 Å². The van der Waals surface area contributed by atoms with Crippen LogP contribution in [0.5, 0.6) is 0 Å². The van der Waals surface area contributed by atoms with Gasteiger partial charge in [0.25, 0.3) is 0 Å². The maximum absolute atomic E-state index is 12.6. The third-order valence-electron chi connectivity index (χ3n) is 4.96. The molecule has 0 radical (unpaired) electrons. The second-order valence-electron chi connectivity index (χ2n) is 7.55. The molecule has 0 aromatic heterocycles. The summed E-state index contributed by atoms with van der Waals surface area (Å²) in [7, 11) is 0. The summed E-state index contributed by atoms with van der Waals surface area (Å²) in [6, 6.07) is 27.2. The minimum absolute atomic E-state index is 0. The molecule has 0 saturated carbocycles. The largest absolute Gasteiger partial charge is 0.460 e. The molecular formula is C26H27ClN2O2. The lowest BCUT2D eigenvalue weighted by Gasteiger charge is -2.21. The summed E-state index contributed by atoms with van der Waals surface area (Å²) >= 11 is 0. The molecule has 0 aliphatic carbocycles. The number of halogens is 1. The van der Waals surface area contributed by atoms with Crippen LogP contribution in [0.25, 0.3) is 11.1 Å². The number of benzene rings is 3. The Labute approximate surface area is 190 Å². The van der Waals surface area contributed by atoms with Crippen LogP contribution in [0.15, 0.2) is 78.9 Å². The smallest absolute Gasteiger partial charge is 0.323 e. The van der Waals surface area contributed by atoms with Crippen LogP contribution < -0.4 is 5.32 Å². The van der Waals surface area contributed by atoms with Crippen LogP contribution in [0.2, 0.25) is 0 Å². The van der Waals surface area contributed by atoms with Crippen molar-refractivity contribution in [3.63, 3.8) is 0 Å². The van der Waals surface area contributed by atoms with Crippen LogP contribution >= 0.6 is 12.4 Å². The molecule has 0 unspecified atom stereocenters. The minimum atomic E-state index is -0.423. The van der Waals surface area contributed by atoms with Gasteiger partial charge in [0.2, 0.25) is 0 Å². The van der Waals surface area contributed by atoms with Crippen LogP contribution in [0.1, 0.15) is 30.5 Å². The molecule has 0 heterocycles. The van der Waals surface area contributed by atoms with E-state index in [-0.39, 0.29) is 30.9 Å². The average Bonchev–Trinajstić information content (AvgIpc) is 2.78. The van der Waals surface area contributed by atoms with E-state index >= 15 is 0 Å². The Bertz CT molecular complexity index is 1010. The predicted octanol–water partition coefficient (Wildman–Crippen LogP) is 5.50. The lowest BCUT2D eigenvalue weighted by Crippen LogP contribution is -2.41. The second kappa shape index (κ2) is 11.9. The number of hydrogen-bond donors (Lipinski definition) is 1. The predicted molar refractivity (Wildman–Crippen MR) is 126 cm³/mol. The highest BCUT2D eigenvalue weighted by atomic mass is 35.5. The summed E-state index contributed by atoms with van der Waals surface area (Å²) in [4.78, 5) is 12.6. The summed E-state index contributed by atoms with van der Waals surface area (Å²) in [6.45, 7) is 4.71. The summed E-state index contributed by atoms with van der Waals surface area (Å²) < 4.78 is 5.51. The van der Waals surface area contributed by atoms with Gasteiger partial charge in [-0.1, -0.05) is 86.6 Å². The maximum atomic E-state index is 12.6. The fourth-order valence-electron chi connectivity index (χ4n) is 3.30. The molecule has 0 spiro atoms. The number of nitrogens with one attached hydrogen (secondary N) is 1. The Morgan fingerprint density at radius 1 is 0.968 bits per heavy atom. The van der Waals surface area contributed by atoms with Gasteiger partial charge in [0.15, 0.2) is 0 Å². The van der Waals surface area contributed by atoms with Gasteiger partial charge in [-0.25, -0.2) is 0 Å². The van der Waals surface area contributed by atoms with Gasteiger partial charge < -0.3 is 10.1 Å². The zero-order valence-electron chi connectivity index (χ0n) is 17.7. The average molecular weight is 435 g/mol. The van der Waals surface area contributed by atoms with Crippen molar-refractivity contribution < 1.29 is 9.53 Å².